The third-order valence-electron chi connectivity index (χ3n) is 10.9. The molecule has 0 aliphatic carbocycles. The molecular formula is C45H53ClN8O5. The number of carbonyl (C=O) groups excluding carboxylic acids is 2. The molecule has 2 aliphatic heterocycles. The molecule has 13 nitrogen and oxygen atoms in total. The van der Waals surface area contributed by atoms with Crippen molar-refractivity contribution in [3.05, 3.63) is 113 Å². The average molecular weight is 821 g/mol. The number of piperazine rings is 2. The summed E-state index contributed by atoms with van der Waals surface area (Å²) in [4.78, 5) is 32.5. The van der Waals surface area contributed by atoms with Crippen LogP contribution < -0.4 is 24.0 Å². The number of unbranched alkanes of at least 4 members (excludes halogenated alkanes) is 2. The second-order valence-electron chi connectivity index (χ2n) is 14.6. The normalized spacial score (nSPS) is 14.9. The number of rotatable bonds is 17. The van der Waals surface area contributed by atoms with Crippen LogP contribution in [0.15, 0.2) is 97.3 Å². The molecule has 0 atom stereocenters. The fourth-order valence-electron chi connectivity index (χ4n) is 7.66. The standard InChI is InChI=1S/C23H28N4O3.C22H25ClN4O2/c1-29-22-10-3-2-9-21(22)26-15-13-25(14-16-26)11-6-7-17-30-23-19(18-28)20-8-4-5-12-27(20)24-23;23-19-7-1-2-9-21(19)26-14-12-25(13-15-26)10-5-6-16-29-22-18(17-28)20-8-3-4-11-27(20)24-22/h2-5,8-10,12,18H,6-7,11,13-17H2,1H3;1-4,7-9,11,17H,5-6,10,12-16H2. The van der Waals surface area contributed by atoms with E-state index in [2.05, 4.69) is 48.0 Å². The minimum absolute atomic E-state index is 0.416. The number of hydrogen-bond donors (Lipinski definition) is 0. The summed E-state index contributed by atoms with van der Waals surface area (Å²) in [6, 6.07) is 27.5. The molecule has 0 radical (unpaired) electrons. The highest BCUT2D eigenvalue weighted by atomic mass is 35.5. The number of anilines is 2. The maximum Gasteiger partial charge on any atom is 0.244 e. The first-order chi connectivity index (χ1) is 29.1. The van der Waals surface area contributed by atoms with Crippen LogP contribution in [0.5, 0.6) is 17.5 Å². The molecule has 0 bridgehead atoms. The van der Waals surface area contributed by atoms with Crippen LogP contribution in [0.2, 0.25) is 5.02 Å². The predicted octanol–water partition coefficient (Wildman–Crippen LogP) is 6.92. The van der Waals surface area contributed by atoms with Gasteiger partial charge in [0.05, 0.1) is 47.8 Å². The van der Waals surface area contributed by atoms with Gasteiger partial charge in [-0.05, 0) is 87.3 Å². The zero-order chi connectivity index (χ0) is 40.8. The molecule has 0 spiro atoms. The molecule has 0 saturated carbocycles. The van der Waals surface area contributed by atoms with Crippen molar-refractivity contribution in [2.45, 2.75) is 25.7 Å². The van der Waals surface area contributed by atoms with E-state index in [9.17, 15) is 9.59 Å². The molecule has 2 aromatic carbocycles. The molecule has 6 heterocycles. The third-order valence-corrected chi connectivity index (χ3v) is 11.2. The molecule has 4 aromatic heterocycles. The number of aldehydes is 2. The summed E-state index contributed by atoms with van der Waals surface area (Å²) in [7, 11) is 1.72. The van der Waals surface area contributed by atoms with E-state index in [1.165, 1.54) is 5.69 Å². The van der Waals surface area contributed by atoms with Crippen LogP contribution in [0.1, 0.15) is 46.4 Å². The van der Waals surface area contributed by atoms with Gasteiger partial charge in [-0.3, -0.25) is 19.4 Å². The Morgan fingerprint density at radius 2 is 1.03 bits per heavy atom. The first kappa shape index (κ1) is 41.5. The van der Waals surface area contributed by atoms with Crippen molar-refractivity contribution in [3.8, 4) is 17.5 Å². The highest BCUT2D eigenvalue weighted by Gasteiger charge is 2.21. The summed E-state index contributed by atoms with van der Waals surface area (Å²) >= 11 is 6.31. The Labute approximate surface area is 350 Å². The van der Waals surface area contributed by atoms with Crippen LogP contribution >= 0.6 is 11.6 Å². The lowest BCUT2D eigenvalue weighted by Crippen LogP contribution is -2.46. The number of ether oxygens (including phenoxy) is 3. The highest BCUT2D eigenvalue weighted by molar-refractivity contribution is 6.33. The van der Waals surface area contributed by atoms with E-state index in [0.717, 1.165) is 131 Å². The van der Waals surface area contributed by atoms with Gasteiger partial charge >= 0.3 is 0 Å². The topological polar surface area (TPSA) is 109 Å². The largest absolute Gasteiger partial charge is 0.495 e. The van der Waals surface area contributed by atoms with Gasteiger partial charge in [0.25, 0.3) is 0 Å². The number of pyridine rings is 2. The number of halogens is 1. The van der Waals surface area contributed by atoms with E-state index in [0.29, 0.717) is 36.1 Å². The van der Waals surface area contributed by atoms with Crippen molar-refractivity contribution in [1.29, 1.82) is 0 Å². The van der Waals surface area contributed by atoms with E-state index >= 15 is 0 Å². The van der Waals surface area contributed by atoms with Crippen molar-refractivity contribution in [2.24, 2.45) is 0 Å². The van der Waals surface area contributed by atoms with Crippen molar-refractivity contribution in [2.75, 3.05) is 95.6 Å². The average Bonchev–Trinajstić information content (AvgIpc) is 3.84. The van der Waals surface area contributed by atoms with Gasteiger partial charge in [0.15, 0.2) is 12.6 Å². The maximum atomic E-state index is 11.4. The van der Waals surface area contributed by atoms with Crippen molar-refractivity contribution < 1.29 is 23.8 Å². The van der Waals surface area contributed by atoms with Gasteiger partial charge in [0, 0.05) is 64.8 Å². The van der Waals surface area contributed by atoms with Crippen LogP contribution in [0, 0.1) is 0 Å². The molecular weight excluding hydrogens is 768 g/mol. The Morgan fingerprint density at radius 1 is 0.576 bits per heavy atom. The van der Waals surface area contributed by atoms with Crippen molar-refractivity contribution in [1.82, 2.24) is 29.0 Å². The Bertz CT molecular complexity index is 2260. The molecule has 2 saturated heterocycles. The first-order valence-corrected chi connectivity index (χ1v) is 20.9. The molecule has 310 valence electrons. The fourth-order valence-corrected chi connectivity index (χ4v) is 7.92. The van der Waals surface area contributed by atoms with Gasteiger partial charge in [-0.2, -0.15) is 0 Å². The maximum absolute atomic E-state index is 11.4. The number of benzene rings is 2. The smallest absolute Gasteiger partial charge is 0.244 e. The Balaban J connectivity index is 0.000000179. The van der Waals surface area contributed by atoms with Crippen LogP contribution in [0.4, 0.5) is 11.4 Å². The Morgan fingerprint density at radius 3 is 1.53 bits per heavy atom. The number of hydrogen-bond acceptors (Lipinski definition) is 11. The molecule has 0 unspecified atom stereocenters. The SMILES string of the molecule is COc1ccccc1N1CCN(CCCCOc2nn3ccccc3c2C=O)CC1.O=Cc1c(OCCCCN2CCN(c3ccccc3Cl)CC2)nn2ccccc12. The summed E-state index contributed by atoms with van der Waals surface area (Å²) in [5.74, 6) is 1.77. The van der Waals surface area contributed by atoms with Crippen molar-refractivity contribution in [3.63, 3.8) is 0 Å². The minimum atomic E-state index is 0.416. The number of aromatic nitrogens is 4. The van der Waals surface area contributed by atoms with Gasteiger partial charge < -0.3 is 24.0 Å². The van der Waals surface area contributed by atoms with Crippen LogP contribution in [-0.2, 0) is 0 Å². The van der Waals surface area contributed by atoms with E-state index in [-0.39, 0.29) is 0 Å². The van der Waals surface area contributed by atoms with Gasteiger partial charge in [-0.1, -0.05) is 48.0 Å². The fraction of sp³-hybridized carbons (Fsp3) is 0.378. The zero-order valence-electron chi connectivity index (χ0n) is 33.7. The van der Waals surface area contributed by atoms with E-state index in [4.69, 9.17) is 25.8 Å². The molecule has 2 aliphatic rings. The Kier molecular flexibility index (Phi) is 14.7. The van der Waals surface area contributed by atoms with Gasteiger partial charge in [-0.15, -0.1) is 10.2 Å². The predicted molar refractivity (Wildman–Crippen MR) is 232 cm³/mol. The zero-order valence-corrected chi connectivity index (χ0v) is 34.5. The first-order valence-electron chi connectivity index (χ1n) is 20.5. The second-order valence-corrected chi connectivity index (χ2v) is 15.0. The van der Waals surface area contributed by atoms with Gasteiger partial charge in [0.1, 0.15) is 16.9 Å². The van der Waals surface area contributed by atoms with E-state index in [1.807, 2.05) is 79.1 Å². The number of methoxy groups -OCH3 is 1. The summed E-state index contributed by atoms with van der Waals surface area (Å²) < 4.78 is 20.4. The number of carbonyl (C=O) groups is 2. The molecule has 0 amide bonds. The van der Waals surface area contributed by atoms with Crippen LogP contribution in [0.3, 0.4) is 0 Å². The lowest BCUT2D eigenvalue weighted by Gasteiger charge is -2.36. The highest BCUT2D eigenvalue weighted by Crippen LogP contribution is 2.29. The molecule has 8 rings (SSSR count). The van der Waals surface area contributed by atoms with Gasteiger partial charge in [-0.25, -0.2) is 9.03 Å². The summed E-state index contributed by atoms with van der Waals surface area (Å²) in [6.45, 7) is 11.4. The lowest BCUT2D eigenvalue weighted by molar-refractivity contribution is 0.111. The van der Waals surface area contributed by atoms with Crippen LogP contribution in [-0.4, -0.2) is 127 Å². The lowest BCUT2D eigenvalue weighted by atomic mass is 10.2. The number of nitrogens with zero attached hydrogens (tertiary/aromatic N) is 8. The minimum Gasteiger partial charge on any atom is -0.495 e. The van der Waals surface area contributed by atoms with E-state index in [1.54, 1.807) is 16.1 Å². The summed E-state index contributed by atoms with van der Waals surface area (Å²) in [5.41, 5.74) is 4.88. The monoisotopic (exact) mass is 820 g/mol. The van der Waals surface area contributed by atoms with Gasteiger partial charge in [0.2, 0.25) is 11.8 Å². The second kappa shape index (κ2) is 20.9. The molecule has 6 aromatic rings. The van der Waals surface area contributed by atoms with Crippen LogP contribution in [0.25, 0.3) is 11.0 Å². The quantitative estimate of drug-likeness (QED) is 0.0707. The summed E-state index contributed by atoms with van der Waals surface area (Å²) in [5, 5.41) is 9.53. The van der Waals surface area contributed by atoms with E-state index < -0.39 is 0 Å². The number of fused-ring (bicyclic) bond motifs is 2. The molecule has 14 heteroatoms. The molecule has 59 heavy (non-hydrogen) atoms. The molecule has 2 fully saturated rings. The Hall–Kier alpha value is -5.63. The number of para-hydroxylation sites is 3. The molecule has 0 N–H and O–H groups in total. The summed E-state index contributed by atoms with van der Waals surface area (Å²) in [6.07, 6.45) is 9.23. The third kappa shape index (κ3) is 10.5. The van der Waals surface area contributed by atoms with Crippen molar-refractivity contribution >= 4 is 46.6 Å².